The third kappa shape index (κ3) is 4.20. The van der Waals surface area contributed by atoms with E-state index in [0.29, 0.717) is 11.3 Å². The summed E-state index contributed by atoms with van der Waals surface area (Å²) in [6, 6.07) is 7.21. The van der Waals surface area contributed by atoms with E-state index in [0.717, 1.165) is 5.84 Å². The molecule has 4 heteroatoms. The molecule has 1 aromatic rings. The highest BCUT2D eigenvalue weighted by Crippen LogP contribution is 2.17. The molecule has 0 spiro atoms. The molecular formula is C14H20N2O2. The van der Waals surface area contributed by atoms with Gasteiger partial charge < -0.3 is 10.1 Å². The molecule has 1 aromatic carbocycles. The summed E-state index contributed by atoms with van der Waals surface area (Å²) < 4.78 is 4.74. The minimum atomic E-state index is -0.360. The van der Waals surface area contributed by atoms with Crippen LogP contribution in [0.4, 0.5) is 5.69 Å². The van der Waals surface area contributed by atoms with Gasteiger partial charge in [0.2, 0.25) is 0 Å². The Kier molecular flexibility index (Phi) is 4.48. The third-order valence-corrected chi connectivity index (χ3v) is 2.15. The smallest absolute Gasteiger partial charge is 0.339 e. The van der Waals surface area contributed by atoms with E-state index in [1.165, 1.54) is 7.11 Å². The zero-order valence-electron chi connectivity index (χ0n) is 11.6. The molecule has 1 N–H and O–H groups in total. The number of ether oxygens (including phenoxy) is 1. The van der Waals surface area contributed by atoms with Gasteiger partial charge >= 0.3 is 5.97 Å². The fraction of sp³-hybridized carbons (Fsp3) is 0.429. The highest BCUT2D eigenvalue weighted by atomic mass is 16.5. The lowest BCUT2D eigenvalue weighted by atomic mass is 10.1. The Labute approximate surface area is 108 Å². The molecular weight excluding hydrogens is 228 g/mol. The van der Waals surface area contributed by atoms with Crippen LogP contribution < -0.4 is 5.32 Å². The average Bonchev–Trinajstić information content (AvgIpc) is 2.26. The largest absolute Gasteiger partial charge is 0.465 e. The van der Waals surface area contributed by atoms with Gasteiger partial charge in [-0.25, -0.2) is 4.79 Å². The van der Waals surface area contributed by atoms with Crippen LogP contribution in [0.15, 0.2) is 29.3 Å². The number of hydrogen-bond donors (Lipinski definition) is 1. The molecule has 0 saturated heterocycles. The number of amidine groups is 1. The van der Waals surface area contributed by atoms with Crippen molar-refractivity contribution in [3.8, 4) is 0 Å². The topological polar surface area (TPSA) is 50.7 Å². The van der Waals surface area contributed by atoms with Crippen molar-refractivity contribution >= 4 is 17.5 Å². The van der Waals surface area contributed by atoms with Gasteiger partial charge in [-0.3, -0.25) is 4.99 Å². The molecule has 18 heavy (non-hydrogen) atoms. The van der Waals surface area contributed by atoms with Gasteiger partial charge in [0, 0.05) is 0 Å². The van der Waals surface area contributed by atoms with E-state index in [9.17, 15) is 4.79 Å². The van der Waals surface area contributed by atoms with Crippen molar-refractivity contribution in [3.05, 3.63) is 29.8 Å². The van der Waals surface area contributed by atoms with Gasteiger partial charge in [0.05, 0.1) is 29.7 Å². The van der Waals surface area contributed by atoms with Gasteiger partial charge in [-0.2, -0.15) is 0 Å². The van der Waals surface area contributed by atoms with Gasteiger partial charge in [-0.05, 0) is 39.8 Å². The van der Waals surface area contributed by atoms with Crippen LogP contribution in [0.5, 0.6) is 0 Å². The van der Waals surface area contributed by atoms with Crippen LogP contribution in [0.3, 0.4) is 0 Å². The van der Waals surface area contributed by atoms with Gasteiger partial charge in [0.25, 0.3) is 0 Å². The number of rotatable bonds is 2. The maximum atomic E-state index is 11.6. The second kappa shape index (κ2) is 5.67. The van der Waals surface area contributed by atoms with Crippen LogP contribution in [0, 0.1) is 0 Å². The molecule has 0 aliphatic carbocycles. The third-order valence-electron chi connectivity index (χ3n) is 2.15. The Hall–Kier alpha value is -1.84. The standard InChI is InChI=1S/C14H20N2O2/c1-10(16-14(2,3)4)15-12-9-7-6-8-11(12)13(17)18-5/h6-9H,1-5H3,(H,15,16). The van der Waals surface area contributed by atoms with Crippen LogP contribution >= 0.6 is 0 Å². The molecule has 0 bridgehead atoms. The number of hydrogen-bond acceptors (Lipinski definition) is 3. The molecule has 4 nitrogen and oxygen atoms in total. The van der Waals surface area contributed by atoms with Crippen LogP contribution in [0.25, 0.3) is 0 Å². The van der Waals surface area contributed by atoms with E-state index in [4.69, 9.17) is 4.74 Å². The zero-order chi connectivity index (χ0) is 13.8. The molecule has 0 radical (unpaired) electrons. The Morgan fingerprint density at radius 3 is 2.44 bits per heavy atom. The first-order valence-corrected chi connectivity index (χ1v) is 5.84. The van der Waals surface area contributed by atoms with Crippen molar-refractivity contribution in [2.24, 2.45) is 4.99 Å². The van der Waals surface area contributed by atoms with E-state index in [2.05, 4.69) is 10.3 Å². The summed E-state index contributed by atoms with van der Waals surface area (Å²) in [5.41, 5.74) is 1.05. The van der Waals surface area contributed by atoms with E-state index >= 15 is 0 Å². The Balaban J connectivity index is 2.98. The molecule has 0 aliphatic rings. The molecule has 0 aromatic heterocycles. The lowest BCUT2D eigenvalue weighted by molar-refractivity contribution is 0.0602. The number of carbonyl (C=O) groups excluding carboxylic acids is 1. The molecule has 0 heterocycles. The summed E-state index contributed by atoms with van der Waals surface area (Å²) in [6.45, 7) is 7.93. The van der Waals surface area contributed by atoms with E-state index in [1.807, 2.05) is 39.8 Å². The maximum Gasteiger partial charge on any atom is 0.339 e. The molecule has 0 amide bonds. The van der Waals surface area contributed by atoms with E-state index < -0.39 is 0 Å². The van der Waals surface area contributed by atoms with Crippen LogP contribution in [-0.4, -0.2) is 24.5 Å². The first-order chi connectivity index (χ1) is 8.33. The molecule has 0 unspecified atom stereocenters. The summed E-state index contributed by atoms with van der Waals surface area (Å²) in [4.78, 5) is 16.1. The van der Waals surface area contributed by atoms with Crippen molar-refractivity contribution < 1.29 is 9.53 Å². The molecule has 0 fully saturated rings. The highest BCUT2D eigenvalue weighted by Gasteiger charge is 2.12. The Morgan fingerprint density at radius 1 is 1.28 bits per heavy atom. The maximum absolute atomic E-state index is 11.6. The molecule has 0 saturated carbocycles. The van der Waals surface area contributed by atoms with E-state index in [-0.39, 0.29) is 11.5 Å². The van der Waals surface area contributed by atoms with Gasteiger partial charge in [0.15, 0.2) is 0 Å². The number of methoxy groups -OCH3 is 1. The number of benzene rings is 1. The fourth-order valence-electron chi connectivity index (χ4n) is 1.61. The van der Waals surface area contributed by atoms with Crippen molar-refractivity contribution in [3.63, 3.8) is 0 Å². The minimum absolute atomic E-state index is 0.155. The molecule has 1 rings (SSSR count). The number of nitrogens with one attached hydrogen (secondary N) is 1. The van der Waals surface area contributed by atoms with Crippen LogP contribution in [0.2, 0.25) is 0 Å². The number of aliphatic imine (C=N–C) groups is 1. The Bertz CT molecular complexity index is 459. The quantitative estimate of drug-likeness (QED) is 0.497. The summed E-state index contributed by atoms with van der Waals surface area (Å²) >= 11 is 0. The number of nitrogens with zero attached hydrogens (tertiary/aromatic N) is 1. The highest BCUT2D eigenvalue weighted by molar-refractivity contribution is 6.02. The monoisotopic (exact) mass is 248 g/mol. The number of para-hydroxylation sites is 1. The van der Waals surface area contributed by atoms with Crippen molar-refractivity contribution in [1.82, 2.24) is 0 Å². The fourth-order valence-corrected chi connectivity index (χ4v) is 1.61. The summed E-state index contributed by atoms with van der Waals surface area (Å²) in [7, 11) is 1.37. The molecule has 0 atom stereocenters. The second-order valence-electron chi connectivity index (χ2n) is 5.03. The van der Waals surface area contributed by atoms with E-state index in [1.54, 1.807) is 12.1 Å². The number of carbonyl (C=O) groups is 1. The number of anilines is 1. The normalized spacial score (nSPS) is 12.2. The van der Waals surface area contributed by atoms with Gasteiger partial charge in [-0.15, -0.1) is 0 Å². The minimum Gasteiger partial charge on any atom is -0.465 e. The van der Waals surface area contributed by atoms with Crippen LogP contribution in [-0.2, 0) is 4.74 Å². The summed E-state index contributed by atoms with van der Waals surface area (Å²) in [5, 5.41) is 3.13. The predicted molar refractivity (Wildman–Crippen MR) is 74.3 cm³/mol. The molecule has 0 aliphatic heterocycles. The predicted octanol–water partition coefficient (Wildman–Crippen LogP) is 3.10. The van der Waals surface area contributed by atoms with Gasteiger partial charge in [-0.1, -0.05) is 12.1 Å². The number of esters is 1. The first-order valence-electron chi connectivity index (χ1n) is 5.84. The lowest BCUT2D eigenvalue weighted by Crippen LogP contribution is -2.18. The SMILES string of the molecule is COC(=O)c1ccccc1NC(C)=NC(C)(C)C. The summed E-state index contributed by atoms with van der Waals surface area (Å²) in [5.74, 6) is 0.403. The summed E-state index contributed by atoms with van der Waals surface area (Å²) in [6.07, 6.45) is 0. The van der Waals surface area contributed by atoms with Gasteiger partial charge in [0.1, 0.15) is 0 Å². The van der Waals surface area contributed by atoms with Crippen molar-refractivity contribution in [2.75, 3.05) is 12.4 Å². The van der Waals surface area contributed by atoms with Crippen molar-refractivity contribution in [1.29, 1.82) is 0 Å². The van der Waals surface area contributed by atoms with Crippen LogP contribution in [0.1, 0.15) is 38.1 Å². The first kappa shape index (κ1) is 14.2. The van der Waals surface area contributed by atoms with Crippen molar-refractivity contribution in [2.45, 2.75) is 33.2 Å². The second-order valence-corrected chi connectivity index (χ2v) is 5.03. The molecule has 98 valence electrons. The Morgan fingerprint density at radius 2 is 1.89 bits per heavy atom. The average molecular weight is 248 g/mol. The lowest BCUT2D eigenvalue weighted by Gasteiger charge is -2.16. The zero-order valence-corrected chi connectivity index (χ0v) is 11.6.